The van der Waals surface area contributed by atoms with Gasteiger partial charge in [0, 0.05) is 38.4 Å². The molecule has 16 rings (SSSR count). The van der Waals surface area contributed by atoms with Gasteiger partial charge in [0.05, 0.1) is 27.9 Å². The number of alkyl halides is 6. The molecule has 4 N–H and O–H groups in total. The number of pyridine rings is 2. The number of hydrogen-bond acceptors (Lipinski definition) is 6. The fourth-order valence-corrected chi connectivity index (χ4v) is 21.2. The van der Waals surface area contributed by atoms with Crippen molar-refractivity contribution in [3.63, 3.8) is 0 Å². The summed E-state index contributed by atoms with van der Waals surface area (Å²) in [7, 11) is -3.33. The Morgan fingerprint density at radius 1 is 0.269 bits per heavy atom. The number of carboxylic acid groups (broad SMARTS) is 2. The molecule has 0 aliphatic heterocycles. The summed E-state index contributed by atoms with van der Waals surface area (Å²) in [5.41, 5.74) is -1.34. The van der Waals surface area contributed by atoms with Gasteiger partial charge in [0.15, 0.2) is 0 Å². The van der Waals surface area contributed by atoms with Crippen LogP contribution in [-0.2, 0) is 32.8 Å². The Morgan fingerprint density at radius 2 is 0.462 bits per heavy atom. The molecular formula is C98H78BClF6N2O6P4Pd. The average molecular weight is 1770 g/mol. The van der Waals surface area contributed by atoms with Crippen molar-refractivity contribution in [1.29, 1.82) is 0 Å². The van der Waals surface area contributed by atoms with Crippen LogP contribution in [-0.4, -0.2) is 49.3 Å². The van der Waals surface area contributed by atoms with Crippen LogP contribution in [0.5, 0.6) is 0 Å². The monoisotopic (exact) mass is 1770 g/mol. The molecule has 0 aliphatic carbocycles. The SMILES string of the molecule is FC(F)(F)c1cccnc1Cl.O=C(O)c1ccc(-c2ncccc2C(F)(F)F)cc1.O=C(O)c1ccc(B(O)O)cc1.[Pd].c1ccc(P(c2ccccc2)c2ccccc2)cc1.c1ccc(P(c2ccccc2)c2ccccc2)cc1.c1ccc(P(c2ccccc2)c2ccccc2)cc1.c1ccc(P(c2ccccc2)c2ccccc2)cc1. The molecule has 8 nitrogen and oxygen atoms in total. The molecule has 0 atom stereocenters. The number of aromatic nitrogens is 2. The molecule has 0 bridgehead atoms. The maximum Gasteiger partial charge on any atom is 0.488 e. The molecule has 0 aliphatic rings. The van der Waals surface area contributed by atoms with Crippen molar-refractivity contribution in [2.45, 2.75) is 12.4 Å². The summed E-state index contributed by atoms with van der Waals surface area (Å²) in [6, 6.07) is 144. The van der Waals surface area contributed by atoms with E-state index in [0.717, 1.165) is 12.1 Å². The summed E-state index contributed by atoms with van der Waals surface area (Å²) in [5.74, 6) is -2.17. The molecule has 21 heteroatoms. The van der Waals surface area contributed by atoms with Crippen molar-refractivity contribution < 1.29 is 76.6 Å². The van der Waals surface area contributed by atoms with E-state index in [1.165, 1.54) is 137 Å². The van der Waals surface area contributed by atoms with Crippen molar-refractivity contribution >= 4 is 131 Å². The number of rotatable bonds is 16. The summed E-state index contributed by atoms with van der Waals surface area (Å²) >= 11 is 5.18. The van der Waals surface area contributed by atoms with Gasteiger partial charge in [0.1, 0.15) is 5.15 Å². The molecule has 2 heterocycles. The summed E-state index contributed by atoms with van der Waals surface area (Å²) in [6.07, 6.45) is -6.45. The van der Waals surface area contributed by atoms with Gasteiger partial charge in [-0.25, -0.2) is 14.6 Å². The molecule has 0 spiro atoms. The van der Waals surface area contributed by atoms with Gasteiger partial charge in [-0.1, -0.05) is 400 Å². The molecule has 2 aromatic heterocycles. The normalized spacial score (nSPS) is 10.6. The van der Waals surface area contributed by atoms with E-state index in [1.54, 1.807) is 0 Å². The van der Waals surface area contributed by atoms with E-state index in [2.05, 4.69) is 374 Å². The number of aromatic carboxylic acids is 2. The number of hydrogen-bond donors (Lipinski definition) is 4. The first-order chi connectivity index (χ1) is 57.3. The second-order valence-electron chi connectivity index (χ2n) is 25.3. The van der Waals surface area contributed by atoms with Crippen molar-refractivity contribution in [1.82, 2.24) is 9.97 Å². The Labute approximate surface area is 713 Å². The summed E-state index contributed by atoms with van der Waals surface area (Å²) in [5, 5.41) is 50.8. The average Bonchev–Trinajstić information content (AvgIpc) is 0.813. The van der Waals surface area contributed by atoms with Crippen molar-refractivity contribution in [3.05, 3.63) is 477 Å². The molecule has 0 saturated heterocycles. The molecule has 0 unspecified atom stereocenters. The number of nitrogens with zero attached hydrogens (tertiary/aromatic N) is 2. The van der Waals surface area contributed by atoms with Crippen LogP contribution in [0.4, 0.5) is 26.3 Å². The summed E-state index contributed by atoms with van der Waals surface area (Å²) < 4.78 is 74.2. The number of carbonyl (C=O) groups is 2. The van der Waals surface area contributed by atoms with Crippen molar-refractivity contribution in [2.75, 3.05) is 0 Å². The van der Waals surface area contributed by atoms with Crippen LogP contribution in [0.15, 0.2) is 449 Å². The minimum atomic E-state index is -4.50. The van der Waals surface area contributed by atoms with Gasteiger partial charge in [-0.2, -0.15) is 26.3 Å². The van der Waals surface area contributed by atoms with Gasteiger partial charge in [-0.3, -0.25) is 4.98 Å². The van der Waals surface area contributed by atoms with Crippen molar-refractivity contribution in [3.8, 4) is 11.3 Å². The topological polar surface area (TPSA) is 141 Å². The Balaban J connectivity index is 0.000000159. The van der Waals surface area contributed by atoms with Crippen LogP contribution in [0.25, 0.3) is 11.3 Å². The predicted octanol–water partition coefficient (Wildman–Crippen LogP) is 19.1. The fourth-order valence-electron chi connectivity index (χ4n) is 11.7. The van der Waals surface area contributed by atoms with Crippen LogP contribution < -0.4 is 69.1 Å². The van der Waals surface area contributed by atoms with Crippen LogP contribution in [0.3, 0.4) is 0 Å². The maximum absolute atomic E-state index is 12.8. The largest absolute Gasteiger partial charge is 0.488 e. The van der Waals surface area contributed by atoms with Crippen LogP contribution in [0.1, 0.15) is 31.8 Å². The zero-order valence-corrected chi connectivity index (χ0v) is 69.4. The third-order valence-corrected chi connectivity index (χ3v) is 27.3. The van der Waals surface area contributed by atoms with Crippen LogP contribution in [0, 0.1) is 0 Å². The maximum atomic E-state index is 12.8. The Morgan fingerprint density at radius 3 is 0.639 bits per heavy atom. The summed E-state index contributed by atoms with van der Waals surface area (Å²) in [4.78, 5) is 28.0. The number of halogens is 7. The standard InChI is InChI=1S/4C18H15P.C13H8F3NO2.C7H7BO4.C6H3ClF3N.Pd/c4*1-4-10-16(11-5-1)19(17-12-6-2-7-13-17)18-14-8-3-9-15-18;14-13(15,16)10-2-1-7-17-11(10)8-3-5-9(6-4-8)12(18)19;9-7(10)5-1-3-6(4-2-5)8(11)12;7-5-4(6(8,9)10)2-1-3-11-5;/h4*1-15H;1-7H,(H,18,19);1-4,11-12H,(H,9,10);1-3H;. The number of benzene rings is 14. The molecule has 14 aromatic carbocycles. The zero-order valence-electron chi connectivity index (χ0n) is 63.6. The quantitative estimate of drug-likeness (QED) is 0.0324. The first-order valence-corrected chi connectivity index (χ1v) is 42.6. The summed E-state index contributed by atoms with van der Waals surface area (Å²) in [6.45, 7) is 0. The number of carboxylic acids is 2. The van der Waals surface area contributed by atoms with E-state index in [0.29, 0.717) is 0 Å². The zero-order chi connectivity index (χ0) is 83.3. The van der Waals surface area contributed by atoms with E-state index in [4.69, 9.17) is 31.9 Å². The van der Waals surface area contributed by atoms with Gasteiger partial charge < -0.3 is 20.3 Å². The molecule has 0 saturated carbocycles. The van der Waals surface area contributed by atoms with Crippen LogP contribution in [0.2, 0.25) is 5.15 Å². The van der Waals surface area contributed by atoms with Gasteiger partial charge in [0.25, 0.3) is 0 Å². The fraction of sp³-hybridized carbons (Fsp3) is 0.0204. The molecule has 0 amide bonds. The van der Waals surface area contributed by atoms with E-state index in [1.807, 2.05) is 0 Å². The van der Waals surface area contributed by atoms with E-state index >= 15 is 0 Å². The second kappa shape index (κ2) is 47.8. The third kappa shape index (κ3) is 28.4. The van der Waals surface area contributed by atoms with Gasteiger partial charge >= 0.3 is 31.4 Å². The molecular weight excluding hydrogens is 1690 g/mol. The van der Waals surface area contributed by atoms with Gasteiger partial charge in [0.2, 0.25) is 0 Å². The molecule has 16 aromatic rings. The molecule has 598 valence electrons. The smallest absolute Gasteiger partial charge is 0.478 e. The van der Waals surface area contributed by atoms with Crippen LogP contribution >= 0.6 is 43.3 Å². The predicted molar refractivity (Wildman–Crippen MR) is 480 cm³/mol. The molecule has 0 radical (unpaired) electrons. The van der Waals surface area contributed by atoms with E-state index in [9.17, 15) is 35.9 Å². The van der Waals surface area contributed by atoms with Gasteiger partial charge in [-0.15, -0.1) is 0 Å². The first kappa shape index (κ1) is 91.5. The Bertz CT molecular complexity index is 4750. The van der Waals surface area contributed by atoms with E-state index < -0.39 is 79.4 Å². The Hall–Kier alpha value is -11.4. The molecule has 0 fully saturated rings. The first-order valence-electron chi connectivity index (χ1n) is 36.9. The second-order valence-corrected chi connectivity index (χ2v) is 34.5. The van der Waals surface area contributed by atoms with Gasteiger partial charge in [-0.05, 0) is 149 Å². The van der Waals surface area contributed by atoms with E-state index in [-0.39, 0.29) is 48.3 Å². The Kier molecular flexibility index (Phi) is 36.8. The minimum Gasteiger partial charge on any atom is -0.478 e. The third-order valence-electron chi connectivity index (χ3n) is 17.2. The minimum absolute atomic E-state index is 0. The van der Waals surface area contributed by atoms with Crippen molar-refractivity contribution in [2.24, 2.45) is 0 Å². The molecule has 119 heavy (non-hydrogen) atoms.